The van der Waals surface area contributed by atoms with Gasteiger partial charge in [-0.25, -0.2) is 0 Å². The number of nitrogen functional groups attached to an aromatic ring is 1. The van der Waals surface area contributed by atoms with Gasteiger partial charge in [0.2, 0.25) is 5.95 Å². The molecule has 3 aromatic rings. The number of aromatic amines is 1. The van der Waals surface area contributed by atoms with Crippen molar-refractivity contribution in [3.8, 4) is 11.1 Å². The first-order valence-corrected chi connectivity index (χ1v) is 10.6. The minimum Gasteiger partial charge on any atom is -0.394 e. The molecule has 2 aliphatic rings. The van der Waals surface area contributed by atoms with Gasteiger partial charge in [-0.2, -0.15) is 4.98 Å². The number of aromatic nitrogens is 2. The number of aliphatic hydroxyl groups excluding tert-OH is 3. The predicted octanol–water partition coefficient (Wildman–Crippen LogP) is 0.242. The maximum Gasteiger partial charge on any atom is 0.278 e. The minimum absolute atomic E-state index is 0.0652. The zero-order valence-corrected chi connectivity index (χ0v) is 17.7. The Bertz CT molecular complexity index is 1190. The van der Waals surface area contributed by atoms with Crippen molar-refractivity contribution in [2.75, 3.05) is 28.8 Å². The maximum absolute atomic E-state index is 12.8. The molecule has 10 heteroatoms. The van der Waals surface area contributed by atoms with Gasteiger partial charge in [-0.3, -0.25) is 9.78 Å². The fourth-order valence-electron chi connectivity index (χ4n) is 4.40. The number of H-pyrrole nitrogens is 1. The Morgan fingerprint density at radius 3 is 2.42 bits per heavy atom. The second-order valence-electron chi connectivity index (χ2n) is 8.22. The third-order valence-electron chi connectivity index (χ3n) is 6.07. The maximum atomic E-state index is 12.8. The molecule has 0 saturated carbocycles. The summed E-state index contributed by atoms with van der Waals surface area (Å²) in [6.07, 6.45) is -4.48. The quantitative estimate of drug-likeness (QED) is 0.368. The molecule has 0 radical (unpaired) electrons. The van der Waals surface area contributed by atoms with Crippen molar-refractivity contribution >= 4 is 17.5 Å². The van der Waals surface area contributed by atoms with Gasteiger partial charge in [0.05, 0.1) is 13.3 Å². The molecule has 172 valence electrons. The van der Waals surface area contributed by atoms with E-state index in [1.54, 1.807) is 4.90 Å². The highest BCUT2D eigenvalue weighted by atomic mass is 16.6. The number of fused-ring (bicyclic) bond motifs is 1. The second kappa shape index (κ2) is 8.49. The van der Waals surface area contributed by atoms with E-state index in [-0.39, 0.29) is 18.4 Å². The Morgan fingerprint density at radius 2 is 1.76 bits per heavy atom. The van der Waals surface area contributed by atoms with E-state index in [1.807, 2.05) is 59.5 Å². The molecular formula is C23H25N5O5. The third kappa shape index (κ3) is 3.83. The van der Waals surface area contributed by atoms with Crippen LogP contribution >= 0.6 is 0 Å². The van der Waals surface area contributed by atoms with Crippen molar-refractivity contribution in [2.24, 2.45) is 0 Å². The average Bonchev–Trinajstić information content (AvgIpc) is 3.31. The van der Waals surface area contributed by atoms with Gasteiger partial charge >= 0.3 is 0 Å². The molecule has 5 rings (SSSR count). The highest BCUT2D eigenvalue weighted by Crippen LogP contribution is 2.37. The fourth-order valence-corrected chi connectivity index (χ4v) is 4.40. The summed E-state index contributed by atoms with van der Waals surface area (Å²) in [4.78, 5) is 22.9. The lowest BCUT2D eigenvalue weighted by Crippen LogP contribution is -2.46. The number of aliphatic hydroxyl groups is 3. The number of nitrogens with two attached hydrogens (primary N) is 1. The van der Waals surface area contributed by atoms with Crippen LogP contribution in [0.25, 0.3) is 11.1 Å². The molecule has 33 heavy (non-hydrogen) atoms. The lowest BCUT2D eigenvalue weighted by atomic mass is 10.0. The lowest BCUT2D eigenvalue weighted by Gasteiger charge is -2.28. The molecule has 0 aliphatic carbocycles. The van der Waals surface area contributed by atoms with Gasteiger partial charge in [-0.05, 0) is 16.7 Å². The summed E-state index contributed by atoms with van der Waals surface area (Å²) in [5, 5.41) is 30.1. The number of rotatable bonds is 5. The molecule has 6 N–H and O–H groups in total. The number of nitrogens with zero attached hydrogens (tertiary/aromatic N) is 3. The highest BCUT2D eigenvalue weighted by Gasteiger charge is 2.48. The molecule has 1 aromatic heterocycles. The van der Waals surface area contributed by atoms with E-state index in [9.17, 15) is 20.1 Å². The SMILES string of the molecule is Nc1nc2c(c(=O)[nH]1)N(Cc1ccc(-c3ccccc3)cc1)CN2[C@@H]1O[C@H](CO)[C@@H](O)[C@H]1O. The van der Waals surface area contributed by atoms with Crippen LogP contribution in [0.2, 0.25) is 0 Å². The Balaban J connectivity index is 1.43. The molecule has 1 fully saturated rings. The van der Waals surface area contributed by atoms with E-state index in [0.29, 0.717) is 12.2 Å². The molecule has 1 saturated heterocycles. The number of benzene rings is 2. The number of hydrogen-bond acceptors (Lipinski definition) is 9. The molecule has 0 amide bonds. The monoisotopic (exact) mass is 451 g/mol. The summed E-state index contributed by atoms with van der Waals surface area (Å²) in [6.45, 7) is 0.141. The van der Waals surface area contributed by atoms with Crippen molar-refractivity contribution in [3.05, 3.63) is 70.5 Å². The van der Waals surface area contributed by atoms with Gasteiger partial charge in [0.25, 0.3) is 5.56 Å². The van der Waals surface area contributed by atoms with Crippen LogP contribution in [0.3, 0.4) is 0 Å². The van der Waals surface area contributed by atoms with Crippen molar-refractivity contribution in [3.63, 3.8) is 0 Å². The normalized spacial score (nSPS) is 24.3. The first-order chi connectivity index (χ1) is 16.0. The van der Waals surface area contributed by atoms with Crippen LogP contribution in [0.5, 0.6) is 0 Å². The van der Waals surface area contributed by atoms with Crippen molar-refractivity contribution in [2.45, 2.75) is 31.1 Å². The van der Waals surface area contributed by atoms with Crippen molar-refractivity contribution in [1.29, 1.82) is 0 Å². The van der Waals surface area contributed by atoms with Crippen molar-refractivity contribution in [1.82, 2.24) is 9.97 Å². The third-order valence-corrected chi connectivity index (χ3v) is 6.07. The number of ether oxygens (including phenoxy) is 1. The van der Waals surface area contributed by atoms with E-state index in [0.717, 1.165) is 16.7 Å². The topological polar surface area (TPSA) is 148 Å². The van der Waals surface area contributed by atoms with Crippen LogP contribution < -0.4 is 21.1 Å². The molecule has 2 aliphatic heterocycles. The standard InChI is InChI=1S/C23H25N5O5/c24-23-25-20-17(21(32)26-23)27(12-28(20)22-19(31)18(30)16(11-29)33-22)10-13-6-8-15(9-7-13)14-4-2-1-3-5-14/h1-9,16,18-19,22,29-31H,10-12H2,(H3,24,25,26,32)/t16-,18-,19-,22-/m1/s1. The van der Waals surface area contributed by atoms with E-state index in [4.69, 9.17) is 10.5 Å². The first kappa shape index (κ1) is 21.4. The Labute approximate surface area is 189 Å². The fraction of sp³-hybridized carbons (Fsp3) is 0.304. The molecule has 0 spiro atoms. The van der Waals surface area contributed by atoms with E-state index in [2.05, 4.69) is 9.97 Å². The average molecular weight is 451 g/mol. The lowest BCUT2D eigenvalue weighted by molar-refractivity contribution is -0.0222. The van der Waals surface area contributed by atoms with Crippen LogP contribution in [0.1, 0.15) is 5.56 Å². The molecule has 0 bridgehead atoms. The molecule has 3 heterocycles. The molecule has 4 atom stereocenters. The largest absolute Gasteiger partial charge is 0.394 e. The van der Waals surface area contributed by atoms with Gasteiger partial charge in [0, 0.05) is 6.54 Å². The van der Waals surface area contributed by atoms with Gasteiger partial charge in [0.15, 0.2) is 12.0 Å². The molecule has 2 aromatic carbocycles. The number of anilines is 3. The summed E-state index contributed by atoms with van der Waals surface area (Å²) >= 11 is 0. The minimum atomic E-state index is -1.29. The van der Waals surface area contributed by atoms with Crippen LogP contribution in [0, 0.1) is 0 Å². The van der Waals surface area contributed by atoms with Crippen LogP contribution in [0.4, 0.5) is 17.5 Å². The number of hydrogen-bond donors (Lipinski definition) is 5. The zero-order valence-electron chi connectivity index (χ0n) is 17.7. The Morgan fingerprint density at radius 1 is 1.06 bits per heavy atom. The molecule has 0 unspecified atom stereocenters. The highest BCUT2D eigenvalue weighted by molar-refractivity contribution is 5.73. The number of nitrogens with one attached hydrogen (secondary N) is 1. The summed E-state index contributed by atoms with van der Waals surface area (Å²) < 4.78 is 5.68. The van der Waals surface area contributed by atoms with Gasteiger partial charge < -0.3 is 35.6 Å². The first-order valence-electron chi connectivity index (χ1n) is 10.6. The summed E-state index contributed by atoms with van der Waals surface area (Å²) in [7, 11) is 0. The summed E-state index contributed by atoms with van der Waals surface area (Å²) in [6, 6.07) is 18.1. The van der Waals surface area contributed by atoms with Crippen LogP contribution in [-0.2, 0) is 11.3 Å². The van der Waals surface area contributed by atoms with Gasteiger partial charge in [0.1, 0.15) is 24.0 Å². The Hall–Kier alpha value is -3.44. The zero-order chi connectivity index (χ0) is 23.1. The summed E-state index contributed by atoms with van der Waals surface area (Å²) in [5.41, 5.74) is 8.83. The predicted molar refractivity (Wildman–Crippen MR) is 122 cm³/mol. The van der Waals surface area contributed by atoms with Gasteiger partial charge in [-0.15, -0.1) is 0 Å². The van der Waals surface area contributed by atoms with Crippen LogP contribution in [0.15, 0.2) is 59.4 Å². The van der Waals surface area contributed by atoms with Gasteiger partial charge in [-0.1, -0.05) is 54.6 Å². The Kier molecular flexibility index (Phi) is 5.51. The van der Waals surface area contributed by atoms with E-state index >= 15 is 0 Å². The van der Waals surface area contributed by atoms with Crippen molar-refractivity contribution < 1.29 is 20.1 Å². The molecular weight excluding hydrogens is 426 g/mol. The van der Waals surface area contributed by atoms with Crippen LogP contribution in [-0.4, -0.2) is 63.1 Å². The van der Waals surface area contributed by atoms with E-state index < -0.39 is 36.7 Å². The smallest absolute Gasteiger partial charge is 0.278 e. The summed E-state index contributed by atoms with van der Waals surface area (Å²) in [5.74, 6) is 0.191. The second-order valence-corrected chi connectivity index (χ2v) is 8.22. The molecule has 10 nitrogen and oxygen atoms in total. The van der Waals surface area contributed by atoms with E-state index in [1.165, 1.54) is 0 Å².